The molecule has 0 aliphatic carbocycles. The second kappa shape index (κ2) is 10.4. The summed E-state index contributed by atoms with van der Waals surface area (Å²) in [4.78, 5) is 26.0. The number of thiophene rings is 1. The highest BCUT2D eigenvalue weighted by molar-refractivity contribution is 7.16. The van der Waals surface area contributed by atoms with Gasteiger partial charge in [-0.25, -0.2) is 4.79 Å². The zero-order valence-electron chi connectivity index (χ0n) is 16.7. The lowest BCUT2D eigenvalue weighted by molar-refractivity contribution is 0.0528. The average molecular weight is 420 g/mol. The van der Waals surface area contributed by atoms with Gasteiger partial charge in [0.1, 0.15) is 5.00 Å². The lowest BCUT2D eigenvalue weighted by Crippen LogP contribution is -2.14. The Balaban J connectivity index is 2.25. The number of rotatable bonds is 8. The number of esters is 1. The molecule has 1 aromatic carbocycles. The van der Waals surface area contributed by atoms with Gasteiger partial charge in [-0.3, -0.25) is 4.79 Å². The predicted octanol–water partition coefficient (Wildman–Crippen LogP) is 6.68. The standard InChI is InChI=1S/C22H26ClNO3S/c1-5-27-22(26)18-13-19(15(4)9-6-8-14(2)3)28-21(18)24-20(25)16-10-7-11-17(23)12-16/h7-8,10-13,15H,5-6,9H2,1-4H3,(H,24,25)/t15-/m0/s1. The zero-order chi connectivity index (χ0) is 20.7. The number of amides is 1. The molecule has 4 nitrogen and oxygen atoms in total. The molecule has 0 fully saturated rings. The van der Waals surface area contributed by atoms with E-state index in [-0.39, 0.29) is 18.4 Å². The normalized spacial score (nSPS) is 11.6. The van der Waals surface area contributed by atoms with Gasteiger partial charge in [0.15, 0.2) is 0 Å². The minimum Gasteiger partial charge on any atom is -0.462 e. The molecule has 1 heterocycles. The molecule has 0 unspecified atom stereocenters. The van der Waals surface area contributed by atoms with Gasteiger partial charge in [-0.1, -0.05) is 36.2 Å². The second-order valence-corrected chi connectivity index (χ2v) is 8.36. The highest BCUT2D eigenvalue weighted by Crippen LogP contribution is 2.36. The molecule has 6 heteroatoms. The van der Waals surface area contributed by atoms with Crippen LogP contribution in [0.2, 0.25) is 5.02 Å². The van der Waals surface area contributed by atoms with Crippen LogP contribution in [0.5, 0.6) is 0 Å². The molecule has 1 N–H and O–H groups in total. The molecule has 0 saturated carbocycles. The summed E-state index contributed by atoms with van der Waals surface area (Å²) in [5.74, 6) is -0.466. The van der Waals surface area contributed by atoms with Gasteiger partial charge in [0.25, 0.3) is 5.91 Å². The Morgan fingerprint density at radius 1 is 1.29 bits per heavy atom. The minimum absolute atomic E-state index is 0.269. The Bertz CT molecular complexity index is 868. The maximum Gasteiger partial charge on any atom is 0.341 e. The molecule has 0 spiro atoms. The third-order valence-electron chi connectivity index (χ3n) is 4.20. The van der Waals surface area contributed by atoms with Gasteiger partial charge in [0.05, 0.1) is 12.2 Å². The summed E-state index contributed by atoms with van der Waals surface area (Å²) in [7, 11) is 0. The fourth-order valence-electron chi connectivity index (χ4n) is 2.68. The smallest absolute Gasteiger partial charge is 0.341 e. The highest BCUT2D eigenvalue weighted by atomic mass is 35.5. The van der Waals surface area contributed by atoms with Crippen molar-refractivity contribution in [1.29, 1.82) is 0 Å². The quantitative estimate of drug-likeness (QED) is 0.383. The number of hydrogen-bond acceptors (Lipinski definition) is 4. The zero-order valence-corrected chi connectivity index (χ0v) is 18.2. The Morgan fingerprint density at radius 3 is 2.68 bits per heavy atom. The minimum atomic E-state index is -0.428. The molecule has 1 aromatic heterocycles. The number of allylic oxidation sites excluding steroid dienone is 2. The largest absolute Gasteiger partial charge is 0.462 e. The molecule has 2 aromatic rings. The number of carbonyl (C=O) groups excluding carboxylic acids is 2. The van der Waals surface area contributed by atoms with Crippen molar-refractivity contribution in [3.63, 3.8) is 0 Å². The molecule has 1 atom stereocenters. The molecule has 150 valence electrons. The van der Waals surface area contributed by atoms with E-state index in [9.17, 15) is 9.59 Å². The molecular formula is C22H26ClNO3S. The second-order valence-electron chi connectivity index (χ2n) is 6.84. The predicted molar refractivity (Wildman–Crippen MR) is 117 cm³/mol. The van der Waals surface area contributed by atoms with Crippen molar-refractivity contribution < 1.29 is 14.3 Å². The van der Waals surface area contributed by atoms with Crippen LogP contribution in [0.15, 0.2) is 42.0 Å². The Morgan fingerprint density at radius 2 is 2.04 bits per heavy atom. The maximum atomic E-state index is 12.6. The van der Waals surface area contributed by atoms with Crippen LogP contribution in [0.25, 0.3) is 0 Å². The fourth-order valence-corrected chi connectivity index (χ4v) is 3.99. The van der Waals surface area contributed by atoms with Crippen molar-refractivity contribution >= 4 is 39.8 Å². The van der Waals surface area contributed by atoms with E-state index in [0.29, 0.717) is 21.2 Å². The van der Waals surface area contributed by atoms with E-state index in [4.69, 9.17) is 16.3 Å². The van der Waals surface area contributed by atoms with Gasteiger partial charge in [0.2, 0.25) is 0 Å². The van der Waals surface area contributed by atoms with E-state index in [1.807, 2.05) is 6.07 Å². The van der Waals surface area contributed by atoms with E-state index in [0.717, 1.165) is 17.7 Å². The Hall–Kier alpha value is -2.11. The first-order chi connectivity index (χ1) is 13.3. The van der Waals surface area contributed by atoms with Crippen LogP contribution in [0.3, 0.4) is 0 Å². The van der Waals surface area contributed by atoms with Gasteiger partial charge in [0, 0.05) is 15.5 Å². The highest BCUT2D eigenvalue weighted by Gasteiger charge is 2.21. The van der Waals surface area contributed by atoms with Crippen LogP contribution >= 0.6 is 22.9 Å². The Kier molecular flexibility index (Phi) is 8.27. The number of carbonyl (C=O) groups is 2. The van der Waals surface area contributed by atoms with Crippen LogP contribution in [0.1, 0.15) is 72.0 Å². The van der Waals surface area contributed by atoms with Crippen molar-refractivity contribution in [2.75, 3.05) is 11.9 Å². The number of hydrogen-bond donors (Lipinski definition) is 1. The molecule has 0 aliphatic rings. The van der Waals surface area contributed by atoms with Gasteiger partial charge >= 0.3 is 5.97 Å². The van der Waals surface area contributed by atoms with E-state index in [1.165, 1.54) is 16.9 Å². The summed E-state index contributed by atoms with van der Waals surface area (Å²) >= 11 is 7.40. The molecule has 2 rings (SSSR count). The molecule has 1 amide bonds. The van der Waals surface area contributed by atoms with Crippen molar-refractivity contribution in [2.24, 2.45) is 0 Å². The number of benzene rings is 1. The third-order valence-corrected chi connectivity index (χ3v) is 5.72. The van der Waals surface area contributed by atoms with E-state index in [2.05, 4.69) is 32.2 Å². The van der Waals surface area contributed by atoms with Gasteiger partial charge in [-0.05, 0) is 63.8 Å². The van der Waals surface area contributed by atoms with Gasteiger partial charge in [-0.15, -0.1) is 11.3 Å². The Labute approximate surface area is 175 Å². The summed E-state index contributed by atoms with van der Waals surface area (Å²) in [6.45, 7) is 8.33. The first-order valence-corrected chi connectivity index (χ1v) is 10.5. The van der Waals surface area contributed by atoms with E-state index >= 15 is 0 Å². The summed E-state index contributed by atoms with van der Waals surface area (Å²) in [5.41, 5.74) is 2.13. The number of nitrogens with one attached hydrogen (secondary N) is 1. The maximum absolute atomic E-state index is 12.6. The first-order valence-electron chi connectivity index (χ1n) is 9.33. The third kappa shape index (κ3) is 6.21. The van der Waals surface area contributed by atoms with E-state index in [1.54, 1.807) is 31.2 Å². The lowest BCUT2D eigenvalue weighted by Gasteiger charge is -2.07. The van der Waals surface area contributed by atoms with Crippen molar-refractivity contribution in [3.8, 4) is 0 Å². The summed E-state index contributed by atoms with van der Waals surface area (Å²) in [5, 5.41) is 3.84. The molecule has 0 bridgehead atoms. The van der Waals surface area contributed by atoms with Crippen molar-refractivity contribution in [2.45, 2.75) is 46.5 Å². The summed E-state index contributed by atoms with van der Waals surface area (Å²) < 4.78 is 5.17. The molecule has 0 aliphatic heterocycles. The van der Waals surface area contributed by atoms with Crippen LogP contribution in [0.4, 0.5) is 5.00 Å². The number of ether oxygens (including phenoxy) is 1. The van der Waals surface area contributed by atoms with Gasteiger partial charge < -0.3 is 10.1 Å². The monoisotopic (exact) mass is 419 g/mol. The van der Waals surface area contributed by atoms with Crippen LogP contribution in [-0.4, -0.2) is 18.5 Å². The number of anilines is 1. The van der Waals surface area contributed by atoms with Crippen LogP contribution < -0.4 is 5.32 Å². The van der Waals surface area contributed by atoms with Gasteiger partial charge in [-0.2, -0.15) is 0 Å². The molecule has 28 heavy (non-hydrogen) atoms. The molecule has 0 saturated heterocycles. The van der Waals surface area contributed by atoms with E-state index < -0.39 is 5.97 Å². The van der Waals surface area contributed by atoms with Crippen molar-refractivity contribution in [1.82, 2.24) is 0 Å². The summed E-state index contributed by atoms with van der Waals surface area (Å²) in [6, 6.07) is 8.54. The molecular weight excluding hydrogens is 394 g/mol. The SMILES string of the molecule is CCOC(=O)c1cc([C@@H](C)CCC=C(C)C)sc1NC(=O)c1cccc(Cl)c1. The first kappa shape index (κ1) is 22.2. The molecule has 0 radical (unpaired) electrons. The average Bonchev–Trinajstić information content (AvgIpc) is 3.05. The van der Waals surface area contributed by atoms with Crippen LogP contribution in [-0.2, 0) is 4.74 Å². The topological polar surface area (TPSA) is 55.4 Å². The van der Waals surface area contributed by atoms with Crippen LogP contribution in [0, 0.1) is 0 Å². The summed E-state index contributed by atoms with van der Waals surface area (Å²) in [6.07, 6.45) is 4.15. The number of halogens is 1. The van der Waals surface area contributed by atoms with Crippen molar-refractivity contribution in [3.05, 3.63) is 63.0 Å². The fraction of sp³-hybridized carbons (Fsp3) is 0.364. The lowest BCUT2D eigenvalue weighted by atomic mass is 10.0.